The zero-order chi connectivity index (χ0) is 11.3. The fourth-order valence-corrected chi connectivity index (χ4v) is 1.71. The second kappa shape index (κ2) is 5.64. The number of phosphoric acid groups is 1. The highest BCUT2D eigenvalue weighted by molar-refractivity contribution is 7.48. The van der Waals surface area contributed by atoms with Gasteiger partial charge in [0.15, 0.2) is 0 Å². The van der Waals surface area contributed by atoms with Gasteiger partial charge in [0.1, 0.15) is 0 Å². The van der Waals surface area contributed by atoms with Gasteiger partial charge in [-0.05, 0) is 17.7 Å². The van der Waals surface area contributed by atoms with Crippen LogP contribution in [0.4, 0.5) is 0 Å². The van der Waals surface area contributed by atoms with Gasteiger partial charge >= 0.3 is 7.82 Å². The quantitative estimate of drug-likeness (QED) is 0.753. The summed E-state index contributed by atoms with van der Waals surface area (Å²) >= 11 is 5.71. The van der Waals surface area contributed by atoms with Crippen LogP contribution in [0.5, 0.6) is 0 Å². The highest BCUT2D eigenvalue weighted by Gasteiger charge is 2.22. The number of hydrogen-bond acceptors (Lipinski definition) is 4. The van der Waals surface area contributed by atoms with E-state index in [9.17, 15) is 4.57 Å². The van der Waals surface area contributed by atoms with Crippen LogP contribution in [0.3, 0.4) is 0 Å². The molecule has 0 saturated heterocycles. The van der Waals surface area contributed by atoms with Crippen LogP contribution in [0.2, 0.25) is 5.02 Å². The van der Waals surface area contributed by atoms with E-state index in [2.05, 4.69) is 9.05 Å². The molecule has 0 unspecified atom stereocenters. The first-order valence-electron chi connectivity index (χ1n) is 4.20. The summed E-state index contributed by atoms with van der Waals surface area (Å²) in [5.74, 6) is 0. The number of benzene rings is 1. The number of phosphoric ester groups is 1. The molecule has 0 atom stereocenters. The Balaban J connectivity index is 2.57. The molecular weight excluding hydrogens is 239 g/mol. The Labute approximate surface area is 93.7 Å². The van der Waals surface area contributed by atoms with E-state index < -0.39 is 7.82 Å². The summed E-state index contributed by atoms with van der Waals surface area (Å²) in [4.78, 5) is 0. The van der Waals surface area contributed by atoms with E-state index in [4.69, 9.17) is 16.1 Å². The molecule has 1 aromatic carbocycles. The maximum absolute atomic E-state index is 11.5. The Morgan fingerprint density at radius 3 is 2.20 bits per heavy atom. The summed E-state index contributed by atoms with van der Waals surface area (Å²) in [5, 5.41) is 0.639. The standard InChI is InChI=1S/C9H12ClO4P/c1-12-15(11,13-2)14-7-8-3-5-9(10)6-4-8/h3-6H,7H2,1-2H3. The zero-order valence-corrected chi connectivity index (χ0v) is 10.1. The van der Waals surface area contributed by atoms with Gasteiger partial charge in [-0.25, -0.2) is 4.57 Å². The lowest BCUT2D eigenvalue weighted by atomic mass is 10.2. The number of hydrogen-bond donors (Lipinski definition) is 0. The van der Waals surface area contributed by atoms with Gasteiger partial charge in [0.2, 0.25) is 0 Å². The Kier molecular flexibility index (Phi) is 4.77. The number of rotatable bonds is 5. The summed E-state index contributed by atoms with van der Waals surface area (Å²) in [6.45, 7) is 0.149. The first kappa shape index (κ1) is 12.7. The van der Waals surface area contributed by atoms with Crippen molar-refractivity contribution in [3.8, 4) is 0 Å². The zero-order valence-electron chi connectivity index (χ0n) is 8.47. The molecular formula is C9H12ClO4P. The topological polar surface area (TPSA) is 44.8 Å². The van der Waals surface area contributed by atoms with Crippen LogP contribution >= 0.6 is 19.4 Å². The molecule has 0 N–H and O–H groups in total. The molecule has 0 aliphatic rings. The van der Waals surface area contributed by atoms with Crippen LogP contribution < -0.4 is 0 Å². The summed E-state index contributed by atoms with van der Waals surface area (Å²) in [6.07, 6.45) is 0. The molecule has 1 aromatic rings. The normalized spacial score (nSPS) is 11.7. The highest BCUT2D eigenvalue weighted by Crippen LogP contribution is 2.48. The van der Waals surface area contributed by atoms with E-state index >= 15 is 0 Å². The fraction of sp³-hybridized carbons (Fsp3) is 0.333. The Morgan fingerprint density at radius 2 is 1.73 bits per heavy atom. The summed E-state index contributed by atoms with van der Waals surface area (Å²) in [5.41, 5.74) is 0.841. The van der Waals surface area contributed by atoms with Crippen molar-refractivity contribution in [2.45, 2.75) is 6.61 Å². The van der Waals surface area contributed by atoms with E-state index in [1.165, 1.54) is 14.2 Å². The highest BCUT2D eigenvalue weighted by atomic mass is 35.5. The second-order valence-electron chi connectivity index (χ2n) is 2.71. The van der Waals surface area contributed by atoms with E-state index in [0.29, 0.717) is 5.02 Å². The Bertz CT molecular complexity index is 344. The average Bonchev–Trinajstić information content (AvgIpc) is 2.28. The molecule has 0 amide bonds. The summed E-state index contributed by atoms with van der Waals surface area (Å²) in [7, 11) is -0.851. The molecule has 84 valence electrons. The Morgan fingerprint density at radius 1 is 1.20 bits per heavy atom. The van der Waals surface area contributed by atoms with Gasteiger partial charge < -0.3 is 0 Å². The molecule has 4 nitrogen and oxygen atoms in total. The SMILES string of the molecule is COP(=O)(OC)OCc1ccc(Cl)cc1. The molecule has 1 rings (SSSR count). The molecule has 0 radical (unpaired) electrons. The monoisotopic (exact) mass is 250 g/mol. The minimum Gasteiger partial charge on any atom is -0.290 e. The van der Waals surface area contributed by atoms with Crippen LogP contribution in [-0.4, -0.2) is 14.2 Å². The van der Waals surface area contributed by atoms with Gasteiger partial charge in [-0.3, -0.25) is 13.6 Å². The summed E-state index contributed by atoms with van der Waals surface area (Å²) < 4.78 is 25.8. The van der Waals surface area contributed by atoms with E-state index in [1.54, 1.807) is 24.3 Å². The molecule has 0 heterocycles. The van der Waals surface area contributed by atoms with Gasteiger partial charge in [0.25, 0.3) is 0 Å². The van der Waals surface area contributed by atoms with Crippen LogP contribution in [0.25, 0.3) is 0 Å². The predicted octanol–water partition coefficient (Wildman–Crippen LogP) is 3.26. The maximum atomic E-state index is 11.5. The Hall–Kier alpha value is -0.380. The lowest BCUT2D eigenvalue weighted by Gasteiger charge is -2.12. The van der Waals surface area contributed by atoms with Crippen molar-refractivity contribution < 1.29 is 18.1 Å². The molecule has 0 aliphatic heterocycles. The lowest BCUT2D eigenvalue weighted by Crippen LogP contribution is -1.95. The van der Waals surface area contributed by atoms with E-state index in [-0.39, 0.29) is 6.61 Å². The maximum Gasteiger partial charge on any atom is 0.474 e. The smallest absolute Gasteiger partial charge is 0.290 e. The van der Waals surface area contributed by atoms with Crippen LogP contribution in [-0.2, 0) is 24.7 Å². The second-order valence-corrected chi connectivity index (χ2v) is 5.03. The van der Waals surface area contributed by atoms with Gasteiger partial charge in [0, 0.05) is 19.2 Å². The predicted molar refractivity (Wildman–Crippen MR) is 57.9 cm³/mol. The third kappa shape index (κ3) is 3.93. The average molecular weight is 251 g/mol. The van der Waals surface area contributed by atoms with Crippen molar-refractivity contribution in [2.75, 3.05) is 14.2 Å². The summed E-state index contributed by atoms with van der Waals surface area (Å²) in [6, 6.07) is 7.01. The van der Waals surface area contributed by atoms with Crippen LogP contribution in [0.15, 0.2) is 24.3 Å². The molecule has 0 spiro atoms. The lowest BCUT2D eigenvalue weighted by molar-refractivity contribution is 0.146. The first-order chi connectivity index (χ1) is 7.09. The minimum atomic E-state index is -3.39. The van der Waals surface area contributed by atoms with Gasteiger partial charge in [-0.2, -0.15) is 0 Å². The molecule has 0 aliphatic carbocycles. The van der Waals surface area contributed by atoms with Crippen molar-refractivity contribution in [3.63, 3.8) is 0 Å². The van der Waals surface area contributed by atoms with Gasteiger partial charge in [-0.15, -0.1) is 0 Å². The molecule has 0 aromatic heterocycles. The van der Waals surface area contributed by atoms with Crippen molar-refractivity contribution >= 4 is 19.4 Å². The van der Waals surface area contributed by atoms with Crippen LogP contribution in [0.1, 0.15) is 5.56 Å². The molecule has 0 bridgehead atoms. The third-order valence-electron chi connectivity index (χ3n) is 1.75. The molecule has 0 saturated carbocycles. The van der Waals surface area contributed by atoms with E-state index in [1.807, 2.05) is 0 Å². The van der Waals surface area contributed by atoms with Crippen molar-refractivity contribution in [1.82, 2.24) is 0 Å². The number of halogens is 1. The van der Waals surface area contributed by atoms with Crippen molar-refractivity contribution in [3.05, 3.63) is 34.9 Å². The fourth-order valence-electron chi connectivity index (χ4n) is 0.914. The largest absolute Gasteiger partial charge is 0.474 e. The van der Waals surface area contributed by atoms with Crippen molar-refractivity contribution in [1.29, 1.82) is 0 Å². The minimum absolute atomic E-state index is 0.149. The molecule has 6 heteroatoms. The molecule has 0 fully saturated rings. The van der Waals surface area contributed by atoms with E-state index in [0.717, 1.165) is 5.56 Å². The third-order valence-corrected chi connectivity index (χ3v) is 3.34. The van der Waals surface area contributed by atoms with Crippen molar-refractivity contribution in [2.24, 2.45) is 0 Å². The molecule has 15 heavy (non-hydrogen) atoms. The van der Waals surface area contributed by atoms with Gasteiger partial charge in [0.05, 0.1) is 6.61 Å². The van der Waals surface area contributed by atoms with Crippen LogP contribution in [0, 0.1) is 0 Å². The first-order valence-corrected chi connectivity index (χ1v) is 6.04. The van der Waals surface area contributed by atoms with Gasteiger partial charge in [-0.1, -0.05) is 23.7 Å².